The van der Waals surface area contributed by atoms with Gasteiger partial charge in [-0.3, -0.25) is 0 Å². The second-order valence-corrected chi connectivity index (χ2v) is 8.58. The molecule has 0 amide bonds. The maximum absolute atomic E-state index is 14.2. The molecule has 1 aliphatic rings. The van der Waals surface area contributed by atoms with Crippen LogP contribution < -0.4 is 11.1 Å². The van der Waals surface area contributed by atoms with Gasteiger partial charge in [0.15, 0.2) is 0 Å². The number of hydrogen-bond donors (Lipinski definition) is 2. The fraction of sp³-hybridized carbons (Fsp3) is 0.240. The highest BCUT2D eigenvalue weighted by molar-refractivity contribution is 5.94. The number of fused-ring (bicyclic) bond motifs is 2. The van der Waals surface area contributed by atoms with E-state index in [9.17, 15) is 4.39 Å². The minimum absolute atomic E-state index is 0.261. The maximum atomic E-state index is 14.2. The second-order valence-electron chi connectivity index (χ2n) is 8.58. The number of piperidine rings is 1. The molecule has 1 saturated heterocycles. The van der Waals surface area contributed by atoms with Gasteiger partial charge in [0, 0.05) is 28.1 Å². The Balaban J connectivity index is 1.43. The van der Waals surface area contributed by atoms with E-state index >= 15 is 0 Å². The highest BCUT2D eigenvalue weighted by Crippen LogP contribution is 2.35. The first kappa shape index (κ1) is 19.9. The molecular weight excluding hydrogens is 417 g/mol. The van der Waals surface area contributed by atoms with Crippen molar-refractivity contribution >= 4 is 22.2 Å². The number of aromatic nitrogens is 5. The van der Waals surface area contributed by atoms with Crippen molar-refractivity contribution in [3.8, 4) is 11.1 Å². The van der Waals surface area contributed by atoms with Crippen LogP contribution in [0.1, 0.15) is 30.0 Å². The summed E-state index contributed by atoms with van der Waals surface area (Å²) in [6.07, 6.45) is 5.63. The van der Waals surface area contributed by atoms with Gasteiger partial charge in [-0.15, -0.1) is 0 Å². The molecule has 0 saturated carbocycles. The van der Waals surface area contributed by atoms with Crippen LogP contribution in [0.5, 0.6) is 0 Å². The predicted molar refractivity (Wildman–Crippen MR) is 126 cm³/mol. The third-order valence-corrected chi connectivity index (χ3v) is 6.60. The lowest BCUT2D eigenvalue weighted by atomic mass is 9.94. The summed E-state index contributed by atoms with van der Waals surface area (Å²) in [5.74, 6) is 0.727. The van der Waals surface area contributed by atoms with Crippen molar-refractivity contribution in [2.24, 2.45) is 0 Å². The Hall–Kier alpha value is -3.78. The van der Waals surface area contributed by atoms with Gasteiger partial charge in [-0.1, -0.05) is 24.3 Å². The molecule has 1 aliphatic heterocycles. The van der Waals surface area contributed by atoms with E-state index in [0.717, 1.165) is 53.5 Å². The predicted octanol–water partition coefficient (Wildman–Crippen LogP) is 3.98. The van der Waals surface area contributed by atoms with Crippen LogP contribution in [0.2, 0.25) is 0 Å². The van der Waals surface area contributed by atoms with Gasteiger partial charge in [-0.05, 0) is 55.8 Å². The number of anilines is 1. The van der Waals surface area contributed by atoms with Gasteiger partial charge >= 0.3 is 0 Å². The molecule has 7 nitrogen and oxygen atoms in total. The van der Waals surface area contributed by atoms with Crippen LogP contribution in [0.4, 0.5) is 10.2 Å². The van der Waals surface area contributed by atoms with Gasteiger partial charge < -0.3 is 11.1 Å². The monoisotopic (exact) mass is 441 g/mol. The maximum Gasteiger partial charge on any atom is 0.136 e. The summed E-state index contributed by atoms with van der Waals surface area (Å²) in [7, 11) is 0. The Morgan fingerprint density at radius 3 is 2.79 bits per heavy atom. The van der Waals surface area contributed by atoms with Crippen LogP contribution in [0.3, 0.4) is 0 Å². The minimum Gasteiger partial charge on any atom is -0.383 e. The molecule has 166 valence electrons. The molecule has 4 heterocycles. The van der Waals surface area contributed by atoms with E-state index in [2.05, 4.69) is 27.5 Å². The normalized spacial score (nSPS) is 14.9. The molecule has 1 fully saturated rings. The number of nitrogens with zero attached hydrogens (tertiary/aromatic N) is 5. The Bertz CT molecular complexity index is 1460. The molecule has 0 atom stereocenters. The Labute approximate surface area is 190 Å². The summed E-state index contributed by atoms with van der Waals surface area (Å²) >= 11 is 0. The topological polar surface area (TPSA) is 86.1 Å². The molecule has 0 spiro atoms. The fourth-order valence-electron chi connectivity index (χ4n) is 4.84. The molecule has 6 rings (SSSR count). The zero-order chi connectivity index (χ0) is 22.4. The van der Waals surface area contributed by atoms with E-state index in [1.165, 1.54) is 11.8 Å². The smallest absolute Gasteiger partial charge is 0.136 e. The lowest BCUT2D eigenvalue weighted by Crippen LogP contribution is -2.27. The van der Waals surface area contributed by atoms with Crippen molar-refractivity contribution in [2.75, 3.05) is 18.8 Å². The molecule has 33 heavy (non-hydrogen) atoms. The number of nitrogen functional groups attached to an aromatic ring is 1. The zero-order valence-electron chi connectivity index (χ0n) is 18.1. The first-order valence-corrected chi connectivity index (χ1v) is 11.2. The van der Waals surface area contributed by atoms with E-state index < -0.39 is 0 Å². The number of halogens is 1. The molecule has 3 N–H and O–H groups in total. The van der Waals surface area contributed by atoms with Crippen LogP contribution in [0.25, 0.3) is 27.5 Å². The van der Waals surface area contributed by atoms with Gasteiger partial charge in [0.2, 0.25) is 0 Å². The van der Waals surface area contributed by atoms with Crippen molar-refractivity contribution in [1.29, 1.82) is 0 Å². The van der Waals surface area contributed by atoms with Crippen molar-refractivity contribution in [2.45, 2.75) is 25.3 Å². The Morgan fingerprint density at radius 2 is 1.94 bits per heavy atom. The van der Waals surface area contributed by atoms with E-state index in [-0.39, 0.29) is 12.4 Å². The van der Waals surface area contributed by atoms with Crippen molar-refractivity contribution in [1.82, 2.24) is 29.7 Å². The number of benzene rings is 2. The van der Waals surface area contributed by atoms with Gasteiger partial charge in [-0.25, -0.2) is 18.6 Å². The summed E-state index contributed by atoms with van der Waals surface area (Å²) in [4.78, 5) is 4.27. The van der Waals surface area contributed by atoms with Crippen LogP contribution in [-0.4, -0.2) is 37.5 Å². The van der Waals surface area contributed by atoms with Crippen LogP contribution >= 0.6 is 0 Å². The van der Waals surface area contributed by atoms with E-state index in [0.29, 0.717) is 17.3 Å². The molecule has 0 unspecified atom stereocenters. The number of hydrogen-bond acceptors (Lipinski definition) is 5. The van der Waals surface area contributed by atoms with Gasteiger partial charge in [-0.2, -0.15) is 10.2 Å². The third kappa shape index (κ3) is 3.43. The molecule has 3 aromatic heterocycles. The van der Waals surface area contributed by atoms with Crippen molar-refractivity contribution < 1.29 is 4.39 Å². The zero-order valence-corrected chi connectivity index (χ0v) is 18.1. The highest BCUT2D eigenvalue weighted by atomic mass is 19.1. The average Bonchev–Trinajstić information content (AvgIpc) is 3.39. The minimum atomic E-state index is -0.261. The molecular formula is C25H24FN7. The highest BCUT2D eigenvalue weighted by Gasteiger charge is 2.22. The van der Waals surface area contributed by atoms with E-state index in [4.69, 9.17) is 10.8 Å². The van der Waals surface area contributed by atoms with Gasteiger partial charge in [0.05, 0.1) is 23.8 Å². The molecule has 5 aromatic rings. The summed E-state index contributed by atoms with van der Waals surface area (Å²) in [6.45, 7) is 2.32. The van der Waals surface area contributed by atoms with E-state index in [1.807, 2.05) is 28.9 Å². The molecule has 0 bridgehead atoms. The fourth-order valence-corrected chi connectivity index (χ4v) is 4.84. The quantitative estimate of drug-likeness (QED) is 0.441. The Morgan fingerprint density at radius 1 is 1.09 bits per heavy atom. The van der Waals surface area contributed by atoms with Crippen molar-refractivity contribution in [3.05, 3.63) is 78.1 Å². The van der Waals surface area contributed by atoms with Crippen LogP contribution in [-0.2, 0) is 6.54 Å². The standard InChI is InChI=1S/C25H24FN7/c26-21-4-2-1-3-18(21)14-32-25(27)19-6-5-17(11-22(19)31-32)20-12-23(16-7-9-28-10-8-16)33-24(20)13-29-15-30-33/h1-6,11-13,15-16,28H,7-10,14,27H2. The lowest BCUT2D eigenvalue weighted by molar-refractivity contribution is 0.448. The Kier molecular flexibility index (Phi) is 4.80. The lowest BCUT2D eigenvalue weighted by Gasteiger charge is -2.22. The SMILES string of the molecule is Nc1c2ccc(-c3cc(C4CCNCC4)n4ncncc34)cc2nn1Cc1ccccc1F. The van der Waals surface area contributed by atoms with Crippen LogP contribution in [0, 0.1) is 5.82 Å². The van der Waals surface area contributed by atoms with Crippen LogP contribution in [0.15, 0.2) is 61.1 Å². The summed E-state index contributed by atoms with van der Waals surface area (Å²) in [5, 5.41) is 13.5. The first-order chi connectivity index (χ1) is 16.2. The largest absolute Gasteiger partial charge is 0.383 e. The van der Waals surface area contributed by atoms with Crippen molar-refractivity contribution in [3.63, 3.8) is 0 Å². The molecule has 0 radical (unpaired) electrons. The van der Waals surface area contributed by atoms with Gasteiger partial charge in [0.1, 0.15) is 18.0 Å². The number of rotatable bonds is 4. The first-order valence-electron chi connectivity index (χ1n) is 11.2. The number of nitrogens with two attached hydrogens (primary N) is 1. The second kappa shape index (κ2) is 7.97. The molecule has 0 aliphatic carbocycles. The summed E-state index contributed by atoms with van der Waals surface area (Å²) < 4.78 is 17.8. The third-order valence-electron chi connectivity index (χ3n) is 6.60. The summed E-state index contributed by atoms with van der Waals surface area (Å²) in [5.41, 5.74) is 12.0. The molecule has 2 aromatic carbocycles. The average molecular weight is 442 g/mol. The van der Waals surface area contributed by atoms with E-state index in [1.54, 1.807) is 23.1 Å². The molecule has 8 heteroatoms. The van der Waals surface area contributed by atoms with Gasteiger partial charge in [0.25, 0.3) is 0 Å². The number of nitrogens with one attached hydrogen (secondary N) is 1. The summed E-state index contributed by atoms with van der Waals surface area (Å²) in [6, 6.07) is 15.0.